The maximum Gasteiger partial charge on any atom is 0.104 e. The molecule has 1 aromatic heterocycles. The van der Waals surface area contributed by atoms with Gasteiger partial charge in [-0.05, 0) is 36.5 Å². The molecule has 0 saturated carbocycles. The lowest BCUT2D eigenvalue weighted by Gasteiger charge is -2.30. The summed E-state index contributed by atoms with van der Waals surface area (Å²) in [5.74, 6) is 0.465. The second-order valence-electron chi connectivity index (χ2n) is 4.94. The maximum atomic E-state index is 9.48. The van der Waals surface area contributed by atoms with Crippen molar-refractivity contribution in [3.8, 4) is 6.07 Å². The largest absolute Gasteiger partial charge is 0.381 e. The van der Waals surface area contributed by atoms with Crippen LogP contribution in [0, 0.1) is 11.3 Å². The summed E-state index contributed by atoms with van der Waals surface area (Å²) in [5.41, 5.74) is 1.72. The minimum Gasteiger partial charge on any atom is -0.381 e. The Morgan fingerprint density at radius 2 is 2.12 bits per heavy atom. The van der Waals surface area contributed by atoms with Gasteiger partial charge in [0, 0.05) is 19.4 Å². The van der Waals surface area contributed by atoms with Crippen molar-refractivity contribution < 1.29 is 4.74 Å². The van der Waals surface area contributed by atoms with Gasteiger partial charge in [-0.2, -0.15) is 5.26 Å². The number of aromatic nitrogens is 1. The zero-order valence-corrected chi connectivity index (χ0v) is 10.4. The van der Waals surface area contributed by atoms with Crippen molar-refractivity contribution in [1.82, 2.24) is 4.98 Å². The Morgan fingerprint density at radius 3 is 2.71 bits per heavy atom. The molecular formula is C14H18N2O. The average Bonchev–Trinajstić information content (AvgIpc) is 2.39. The molecule has 0 amide bonds. The standard InChI is InChI=1S/C14H18N2O/c1-11(2)12-3-6-16-13(9-12)14(10-15)4-7-17-8-5-14/h3,6,9,11H,4-5,7-8H2,1-2H3. The number of pyridine rings is 1. The van der Waals surface area contributed by atoms with Gasteiger partial charge in [-0.15, -0.1) is 0 Å². The Morgan fingerprint density at radius 1 is 1.41 bits per heavy atom. The molecule has 2 heterocycles. The van der Waals surface area contributed by atoms with E-state index in [4.69, 9.17) is 4.74 Å². The summed E-state index contributed by atoms with van der Waals surface area (Å²) >= 11 is 0. The molecule has 1 aromatic rings. The molecule has 0 unspecified atom stereocenters. The molecule has 0 atom stereocenters. The van der Waals surface area contributed by atoms with Gasteiger partial charge in [-0.3, -0.25) is 4.98 Å². The van der Waals surface area contributed by atoms with Crippen LogP contribution in [0.2, 0.25) is 0 Å². The molecule has 3 heteroatoms. The molecule has 0 bridgehead atoms. The van der Waals surface area contributed by atoms with E-state index in [0.29, 0.717) is 19.1 Å². The van der Waals surface area contributed by atoms with Crippen molar-refractivity contribution in [2.45, 2.75) is 38.0 Å². The van der Waals surface area contributed by atoms with E-state index < -0.39 is 5.41 Å². The molecule has 0 aliphatic carbocycles. The van der Waals surface area contributed by atoms with Crippen LogP contribution >= 0.6 is 0 Å². The van der Waals surface area contributed by atoms with Gasteiger partial charge in [0.05, 0.1) is 11.8 Å². The summed E-state index contributed by atoms with van der Waals surface area (Å²) in [4.78, 5) is 4.41. The van der Waals surface area contributed by atoms with Crippen molar-refractivity contribution in [3.05, 3.63) is 29.6 Å². The highest BCUT2D eigenvalue weighted by atomic mass is 16.5. The molecule has 1 aliphatic rings. The van der Waals surface area contributed by atoms with Crippen LogP contribution in [0.4, 0.5) is 0 Å². The first-order chi connectivity index (χ1) is 8.18. The Kier molecular flexibility index (Phi) is 3.44. The van der Waals surface area contributed by atoms with Gasteiger partial charge in [0.25, 0.3) is 0 Å². The van der Waals surface area contributed by atoms with Crippen LogP contribution in [0.1, 0.15) is 43.9 Å². The van der Waals surface area contributed by atoms with E-state index in [1.54, 1.807) is 0 Å². The molecule has 0 N–H and O–H groups in total. The third kappa shape index (κ3) is 2.32. The lowest BCUT2D eigenvalue weighted by atomic mass is 9.77. The molecule has 1 fully saturated rings. The van der Waals surface area contributed by atoms with E-state index in [-0.39, 0.29) is 0 Å². The molecule has 1 saturated heterocycles. The van der Waals surface area contributed by atoms with Crippen LogP contribution in [0.3, 0.4) is 0 Å². The molecule has 90 valence electrons. The number of nitrogens with zero attached hydrogens (tertiary/aromatic N) is 2. The van der Waals surface area contributed by atoms with Crippen molar-refractivity contribution in [2.75, 3.05) is 13.2 Å². The lowest BCUT2D eigenvalue weighted by molar-refractivity contribution is 0.0663. The smallest absolute Gasteiger partial charge is 0.104 e. The summed E-state index contributed by atoms with van der Waals surface area (Å²) in [5, 5.41) is 9.48. The topological polar surface area (TPSA) is 45.9 Å². The van der Waals surface area contributed by atoms with Gasteiger partial charge in [0.2, 0.25) is 0 Å². The average molecular weight is 230 g/mol. The third-order valence-corrected chi connectivity index (χ3v) is 3.50. The van der Waals surface area contributed by atoms with E-state index in [2.05, 4.69) is 31.0 Å². The van der Waals surface area contributed by atoms with Crippen LogP contribution in [-0.4, -0.2) is 18.2 Å². The Bertz CT molecular complexity index is 428. The fourth-order valence-electron chi connectivity index (χ4n) is 2.21. The fraction of sp³-hybridized carbons (Fsp3) is 0.571. The number of nitriles is 1. The molecule has 2 rings (SSSR count). The van der Waals surface area contributed by atoms with E-state index in [1.165, 1.54) is 5.56 Å². The molecule has 0 aromatic carbocycles. The van der Waals surface area contributed by atoms with E-state index in [0.717, 1.165) is 18.5 Å². The zero-order chi connectivity index (χ0) is 12.3. The van der Waals surface area contributed by atoms with Crippen molar-refractivity contribution in [2.24, 2.45) is 0 Å². The minimum absolute atomic E-state index is 0.441. The maximum absolute atomic E-state index is 9.48. The second kappa shape index (κ2) is 4.85. The first-order valence-electron chi connectivity index (χ1n) is 6.13. The first-order valence-corrected chi connectivity index (χ1v) is 6.13. The van der Waals surface area contributed by atoms with E-state index >= 15 is 0 Å². The predicted molar refractivity (Wildman–Crippen MR) is 65.7 cm³/mol. The van der Waals surface area contributed by atoms with Crippen LogP contribution in [-0.2, 0) is 10.2 Å². The van der Waals surface area contributed by atoms with Crippen LogP contribution in [0.5, 0.6) is 0 Å². The van der Waals surface area contributed by atoms with Gasteiger partial charge in [-0.25, -0.2) is 0 Å². The zero-order valence-electron chi connectivity index (χ0n) is 10.4. The van der Waals surface area contributed by atoms with Crippen molar-refractivity contribution >= 4 is 0 Å². The van der Waals surface area contributed by atoms with E-state index in [1.807, 2.05) is 12.3 Å². The van der Waals surface area contributed by atoms with Gasteiger partial charge < -0.3 is 4.74 Å². The highest BCUT2D eigenvalue weighted by Crippen LogP contribution is 2.33. The third-order valence-electron chi connectivity index (χ3n) is 3.50. The Balaban J connectivity index is 2.37. The molecule has 1 aliphatic heterocycles. The normalized spacial score (nSPS) is 18.9. The highest BCUT2D eigenvalue weighted by molar-refractivity contribution is 5.31. The van der Waals surface area contributed by atoms with Crippen LogP contribution in [0.25, 0.3) is 0 Å². The fourth-order valence-corrected chi connectivity index (χ4v) is 2.21. The van der Waals surface area contributed by atoms with Gasteiger partial charge in [0.1, 0.15) is 5.41 Å². The quantitative estimate of drug-likeness (QED) is 0.784. The predicted octanol–water partition coefficient (Wildman–Crippen LogP) is 2.78. The summed E-state index contributed by atoms with van der Waals surface area (Å²) in [6.07, 6.45) is 3.31. The molecule has 17 heavy (non-hydrogen) atoms. The number of rotatable bonds is 2. The monoisotopic (exact) mass is 230 g/mol. The minimum atomic E-state index is -0.441. The van der Waals surface area contributed by atoms with Crippen molar-refractivity contribution in [1.29, 1.82) is 5.26 Å². The second-order valence-corrected chi connectivity index (χ2v) is 4.94. The summed E-state index contributed by atoms with van der Waals surface area (Å²) in [7, 11) is 0. The number of hydrogen-bond donors (Lipinski definition) is 0. The van der Waals surface area contributed by atoms with Crippen LogP contribution in [0.15, 0.2) is 18.3 Å². The van der Waals surface area contributed by atoms with Crippen LogP contribution < -0.4 is 0 Å². The number of ether oxygens (including phenoxy) is 1. The molecule has 0 spiro atoms. The lowest BCUT2D eigenvalue weighted by Crippen LogP contribution is -2.33. The molecule has 3 nitrogen and oxygen atoms in total. The highest BCUT2D eigenvalue weighted by Gasteiger charge is 2.36. The SMILES string of the molecule is CC(C)c1ccnc(C2(C#N)CCOCC2)c1. The molecule has 0 radical (unpaired) electrons. The Hall–Kier alpha value is -1.40. The van der Waals surface area contributed by atoms with Crippen molar-refractivity contribution in [3.63, 3.8) is 0 Å². The summed E-state index contributed by atoms with van der Waals surface area (Å²) < 4.78 is 5.35. The first kappa shape index (κ1) is 12.1. The summed E-state index contributed by atoms with van der Waals surface area (Å²) in [6.45, 7) is 5.62. The van der Waals surface area contributed by atoms with Gasteiger partial charge >= 0.3 is 0 Å². The molecular weight excluding hydrogens is 212 g/mol. The van der Waals surface area contributed by atoms with E-state index in [9.17, 15) is 5.26 Å². The Labute approximate surface area is 102 Å². The van der Waals surface area contributed by atoms with Gasteiger partial charge in [0.15, 0.2) is 0 Å². The number of hydrogen-bond acceptors (Lipinski definition) is 3. The van der Waals surface area contributed by atoms with Gasteiger partial charge in [-0.1, -0.05) is 13.8 Å². The summed E-state index contributed by atoms with van der Waals surface area (Å²) in [6, 6.07) is 6.57.